The molecule has 1 N–H and O–H groups in total. The van der Waals surface area contributed by atoms with E-state index in [1.807, 2.05) is 12.4 Å². The van der Waals surface area contributed by atoms with Crippen LogP contribution in [0.3, 0.4) is 0 Å². The highest BCUT2D eigenvalue weighted by molar-refractivity contribution is 5.17. The molecule has 3 heteroatoms. The second-order valence-corrected chi connectivity index (χ2v) is 4.70. The van der Waals surface area contributed by atoms with Crippen LogP contribution in [0, 0.1) is 0 Å². The lowest BCUT2D eigenvalue weighted by atomic mass is 10.1. The molecule has 0 aromatic carbocycles. The zero-order valence-electron chi connectivity index (χ0n) is 8.95. The third kappa shape index (κ3) is 2.17. The van der Waals surface area contributed by atoms with Gasteiger partial charge < -0.3 is 5.32 Å². The molecule has 1 saturated heterocycles. The molecule has 1 atom stereocenters. The van der Waals surface area contributed by atoms with Gasteiger partial charge in [-0.25, -0.2) is 9.97 Å². The summed E-state index contributed by atoms with van der Waals surface area (Å²) < 4.78 is 0. The van der Waals surface area contributed by atoms with E-state index in [1.54, 1.807) is 0 Å². The van der Waals surface area contributed by atoms with E-state index in [-0.39, 0.29) is 0 Å². The van der Waals surface area contributed by atoms with Gasteiger partial charge >= 0.3 is 0 Å². The van der Waals surface area contributed by atoms with Crippen molar-refractivity contribution in [3.8, 4) is 0 Å². The fourth-order valence-corrected chi connectivity index (χ4v) is 2.25. The zero-order chi connectivity index (χ0) is 10.1. The molecular formula is C12H17N3. The van der Waals surface area contributed by atoms with Crippen LogP contribution in [0.5, 0.6) is 0 Å². The molecule has 3 rings (SSSR count). The lowest BCUT2D eigenvalue weighted by molar-refractivity contribution is 0.584. The van der Waals surface area contributed by atoms with Crippen molar-refractivity contribution in [3.05, 3.63) is 23.8 Å². The summed E-state index contributed by atoms with van der Waals surface area (Å²) in [5.41, 5.74) is 1.33. The average molecular weight is 203 g/mol. The quantitative estimate of drug-likeness (QED) is 0.811. The van der Waals surface area contributed by atoms with E-state index < -0.39 is 0 Å². The Kier molecular flexibility index (Phi) is 2.41. The van der Waals surface area contributed by atoms with Gasteiger partial charge in [0.1, 0.15) is 5.82 Å². The molecule has 3 nitrogen and oxygen atoms in total. The number of nitrogens with zero attached hydrogens (tertiary/aromatic N) is 2. The Morgan fingerprint density at radius 2 is 2.00 bits per heavy atom. The monoisotopic (exact) mass is 203 g/mol. The molecule has 0 radical (unpaired) electrons. The van der Waals surface area contributed by atoms with Gasteiger partial charge in [-0.2, -0.15) is 0 Å². The fourth-order valence-electron chi connectivity index (χ4n) is 2.25. The number of hydrogen-bond donors (Lipinski definition) is 1. The van der Waals surface area contributed by atoms with Crippen LogP contribution in [0.1, 0.15) is 43.0 Å². The van der Waals surface area contributed by atoms with E-state index in [0.29, 0.717) is 6.04 Å². The van der Waals surface area contributed by atoms with Gasteiger partial charge in [0, 0.05) is 24.9 Å². The maximum Gasteiger partial charge on any atom is 0.129 e. The Labute approximate surface area is 90.3 Å². The maximum absolute atomic E-state index is 4.45. The van der Waals surface area contributed by atoms with Crippen LogP contribution < -0.4 is 5.32 Å². The van der Waals surface area contributed by atoms with Gasteiger partial charge in [-0.15, -0.1) is 0 Å². The van der Waals surface area contributed by atoms with E-state index in [9.17, 15) is 0 Å². The summed E-state index contributed by atoms with van der Waals surface area (Å²) in [4.78, 5) is 8.90. The summed E-state index contributed by atoms with van der Waals surface area (Å²) in [6.07, 6.45) is 10.3. The zero-order valence-corrected chi connectivity index (χ0v) is 8.95. The highest BCUT2D eigenvalue weighted by Crippen LogP contribution is 2.39. The first-order chi connectivity index (χ1) is 7.42. The Morgan fingerprint density at radius 3 is 2.60 bits per heavy atom. The highest BCUT2D eigenvalue weighted by atomic mass is 15.0. The van der Waals surface area contributed by atoms with Gasteiger partial charge in [0.25, 0.3) is 0 Å². The van der Waals surface area contributed by atoms with Crippen molar-refractivity contribution < 1.29 is 0 Å². The molecule has 0 bridgehead atoms. The van der Waals surface area contributed by atoms with Crippen molar-refractivity contribution >= 4 is 0 Å². The number of rotatable bonds is 3. The Bertz CT molecular complexity index is 323. The molecule has 1 aliphatic carbocycles. The fraction of sp³-hybridized carbons (Fsp3) is 0.667. The smallest absolute Gasteiger partial charge is 0.129 e. The van der Waals surface area contributed by atoms with Crippen LogP contribution in [-0.2, 0) is 6.42 Å². The first-order valence-electron chi connectivity index (χ1n) is 5.96. The molecule has 1 unspecified atom stereocenters. The summed E-state index contributed by atoms with van der Waals surface area (Å²) in [6.45, 7) is 1.16. The van der Waals surface area contributed by atoms with Crippen LogP contribution in [-0.4, -0.2) is 22.6 Å². The molecule has 0 spiro atoms. The van der Waals surface area contributed by atoms with Crippen LogP contribution in [0.15, 0.2) is 12.4 Å². The maximum atomic E-state index is 4.45. The van der Waals surface area contributed by atoms with Crippen molar-refractivity contribution in [2.75, 3.05) is 6.54 Å². The molecule has 1 aliphatic heterocycles. The van der Waals surface area contributed by atoms with Crippen molar-refractivity contribution in [2.45, 2.75) is 44.1 Å². The van der Waals surface area contributed by atoms with E-state index >= 15 is 0 Å². The second kappa shape index (κ2) is 3.89. The van der Waals surface area contributed by atoms with Crippen LogP contribution in [0.4, 0.5) is 0 Å². The van der Waals surface area contributed by atoms with Gasteiger partial charge in [0.05, 0.1) is 0 Å². The predicted octanol–water partition coefficient (Wildman–Crippen LogP) is 1.65. The van der Waals surface area contributed by atoms with Gasteiger partial charge in [0.15, 0.2) is 0 Å². The standard InChI is InChI=1S/C12H17N3/c1-2-11(13-5-1)6-12-14-7-10(8-15-12)9-3-4-9/h7-9,11,13H,1-6H2. The van der Waals surface area contributed by atoms with Crippen molar-refractivity contribution in [3.63, 3.8) is 0 Å². The number of aromatic nitrogens is 2. The Balaban J connectivity index is 1.64. The van der Waals surface area contributed by atoms with Gasteiger partial charge in [0.2, 0.25) is 0 Å². The lowest BCUT2D eigenvalue weighted by Crippen LogP contribution is -2.24. The first-order valence-corrected chi connectivity index (χ1v) is 5.96. The molecule has 2 heterocycles. The topological polar surface area (TPSA) is 37.8 Å². The summed E-state index contributed by atoms with van der Waals surface area (Å²) in [7, 11) is 0. The molecule has 1 aromatic rings. The van der Waals surface area contributed by atoms with E-state index in [2.05, 4.69) is 15.3 Å². The minimum Gasteiger partial charge on any atom is -0.314 e. The third-order valence-electron chi connectivity index (χ3n) is 3.37. The third-order valence-corrected chi connectivity index (χ3v) is 3.37. The molecule has 80 valence electrons. The SMILES string of the molecule is c1nc(CC2CCCN2)ncc1C1CC1. The number of nitrogens with one attached hydrogen (secondary N) is 1. The summed E-state index contributed by atoms with van der Waals surface area (Å²) in [5.74, 6) is 1.77. The van der Waals surface area contributed by atoms with Gasteiger partial charge in [-0.05, 0) is 43.7 Å². The normalized spacial score (nSPS) is 25.7. The second-order valence-electron chi connectivity index (χ2n) is 4.70. The van der Waals surface area contributed by atoms with E-state index in [1.165, 1.54) is 31.2 Å². The van der Waals surface area contributed by atoms with Gasteiger partial charge in [-0.3, -0.25) is 0 Å². The minimum absolute atomic E-state index is 0.608. The minimum atomic E-state index is 0.608. The summed E-state index contributed by atoms with van der Waals surface area (Å²) >= 11 is 0. The van der Waals surface area contributed by atoms with Crippen molar-refractivity contribution in [1.29, 1.82) is 0 Å². The molecule has 2 fully saturated rings. The van der Waals surface area contributed by atoms with Crippen LogP contribution in [0.25, 0.3) is 0 Å². The molecule has 2 aliphatic rings. The highest BCUT2D eigenvalue weighted by Gasteiger charge is 2.24. The summed E-state index contributed by atoms with van der Waals surface area (Å²) in [5, 5.41) is 3.47. The largest absolute Gasteiger partial charge is 0.314 e. The molecular weight excluding hydrogens is 186 g/mol. The van der Waals surface area contributed by atoms with Crippen molar-refractivity contribution in [1.82, 2.24) is 15.3 Å². The van der Waals surface area contributed by atoms with Crippen molar-refractivity contribution in [2.24, 2.45) is 0 Å². The van der Waals surface area contributed by atoms with E-state index in [4.69, 9.17) is 0 Å². The summed E-state index contributed by atoms with van der Waals surface area (Å²) in [6, 6.07) is 0.608. The number of hydrogen-bond acceptors (Lipinski definition) is 3. The lowest BCUT2D eigenvalue weighted by Gasteiger charge is -2.08. The molecule has 1 saturated carbocycles. The predicted molar refractivity (Wildman–Crippen MR) is 58.7 cm³/mol. The van der Waals surface area contributed by atoms with Gasteiger partial charge in [-0.1, -0.05) is 0 Å². The molecule has 0 amide bonds. The first kappa shape index (κ1) is 9.28. The van der Waals surface area contributed by atoms with Crippen LogP contribution in [0.2, 0.25) is 0 Å². The van der Waals surface area contributed by atoms with Crippen LogP contribution >= 0.6 is 0 Å². The Hall–Kier alpha value is -0.960. The molecule has 15 heavy (non-hydrogen) atoms. The average Bonchev–Trinajstić information content (AvgIpc) is 2.99. The molecule has 1 aromatic heterocycles. The van der Waals surface area contributed by atoms with E-state index in [0.717, 1.165) is 24.7 Å². The Morgan fingerprint density at radius 1 is 1.20 bits per heavy atom.